The molecule has 2 heterocycles. The molecule has 336 valence electrons. The van der Waals surface area contributed by atoms with Crippen LogP contribution in [0.3, 0.4) is 0 Å². The number of benzene rings is 2. The number of aromatic nitrogens is 1. The molecule has 0 bridgehead atoms. The Bertz CT molecular complexity index is 1900. The fourth-order valence-corrected chi connectivity index (χ4v) is 9.10. The molecule has 1 unspecified atom stereocenters. The van der Waals surface area contributed by atoms with E-state index >= 15 is 0 Å². The first-order chi connectivity index (χ1) is 28.5. The van der Waals surface area contributed by atoms with Gasteiger partial charge in [-0.15, -0.1) is 11.3 Å². The van der Waals surface area contributed by atoms with E-state index in [1.54, 1.807) is 45.4 Å². The zero-order valence-corrected chi connectivity index (χ0v) is 40.5. The maximum atomic E-state index is 14.8. The smallest absolute Gasteiger partial charge is 0.410 e. The summed E-state index contributed by atoms with van der Waals surface area (Å²) in [6.07, 6.45) is 1.77. The monoisotopic (exact) mass is 877 g/mol. The van der Waals surface area contributed by atoms with Gasteiger partial charge in [-0.3, -0.25) is 9.59 Å². The fourth-order valence-electron chi connectivity index (χ4n) is 6.93. The molecular weight excluding hydrogens is 807 g/mol. The highest BCUT2D eigenvalue weighted by atomic mass is 32.1. The highest BCUT2D eigenvalue weighted by Crippen LogP contribution is 2.39. The van der Waals surface area contributed by atoms with Crippen LogP contribution in [0.25, 0.3) is 10.4 Å². The van der Waals surface area contributed by atoms with Gasteiger partial charge in [0.05, 0.1) is 40.4 Å². The Morgan fingerprint density at radius 1 is 0.918 bits per heavy atom. The number of thiazole rings is 1. The third-order valence-electron chi connectivity index (χ3n) is 11.4. The Kier molecular flexibility index (Phi) is 17.3. The van der Waals surface area contributed by atoms with Crippen LogP contribution in [0.5, 0.6) is 0 Å². The molecule has 0 aliphatic carbocycles. The van der Waals surface area contributed by atoms with Crippen LogP contribution >= 0.6 is 11.3 Å². The van der Waals surface area contributed by atoms with Gasteiger partial charge in [-0.25, -0.2) is 14.6 Å². The second-order valence-electron chi connectivity index (χ2n) is 19.7. The number of nitrogens with zero attached hydrogens (tertiary/aromatic N) is 3. The minimum Gasteiger partial charge on any atom is -0.462 e. The summed E-state index contributed by atoms with van der Waals surface area (Å²) in [5, 5.41) is 6.57. The van der Waals surface area contributed by atoms with Crippen molar-refractivity contribution in [1.82, 2.24) is 25.4 Å². The van der Waals surface area contributed by atoms with E-state index < -0.39 is 37.5 Å². The highest BCUT2D eigenvalue weighted by Gasteiger charge is 2.48. The fraction of sp³-hybridized carbons (Fsp3) is 0.596. The summed E-state index contributed by atoms with van der Waals surface area (Å²) >= 11 is 1.60. The molecule has 1 aromatic heterocycles. The first kappa shape index (κ1) is 49.5. The summed E-state index contributed by atoms with van der Waals surface area (Å²) in [6, 6.07) is 15.7. The number of amides is 3. The van der Waals surface area contributed by atoms with Crippen LogP contribution in [-0.2, 0) is 30.0 Å². The molecule has 1 saturated heterocycles. The predicted octanol–water partition coefficient (Wildman–Crippen LogP) is 8.99. The van der Waals surface area contributed by atoms with E-state index in [0.717, 1.165) is 28.1 Å². The number of esters is 1. The number of nitrogens with one attached hydrogen (secondary N) is 2. The number of aryl methyl sites for hydroxylation is 1. The second kappa shape index (κ2) is 21.3. The number of carbonyl (C=O) groups excluding carboxylic acids is 4. The number of carbonyl (C=O) groups is 4. The van der Waals surface area contributed by atoms with Gasteiger partial charge in [-0.1, -0.05) is 84.0 Å². The molecule has 3 amide bonds. The van der Waals surface area contributed by atoms with Gasteiger partial charge in [0, 0.05) is 39.1 Å². The van der Waals surface area contributed by atoms with Crippen molar-refractivity contribution in [2.75, 3.05) is 32.8 Å². The number of hydrogen-bond acceptors (Lipinski definition) is 10. The summed E-state index contributed by atoms with van der Waals surface area (Å²) < 4.78 is 18.0. The van der Waals surface area contributed by atoms with E-state index in [1.165, 1.54) is 0 Å². The van der Waals surface area contributed by atoms with Crippen molar-refractivity contribution >= 4 is 43.5 Å². The highest BCUT2D eigenvalue weighted by molar-refractivity contribution is 7.13. The lowest BCUT2D eigenvalue weighted by Crippen LogP contribution is -2.57. The number of unbranched alkanes of at least 4 members (excludes halogenated alkanes) is 2. The summed E-state index contributed by atoms with van der Waals surface area (Å²) in [6.45, 7) is 26.5. The zero-order chi connectivity index (χ0) is 45.2. The van der Waals surface area contributed by atoms with E-state index in [0.29, 0.717) is 57.5 Å². The van der Waals surface area contributed by atoms with Gasteiger partial charge in [-0.05, 0) is 93.8 Å². The first-order valence-corrected chi connectivity index (χ1v) is 25.4. The summed E-state index contributed by atoms with van der Waals surface area (Å²) in [5.41, 5.74) is 4.18. The standard InChI is InChI=1S/C47H71N5O7SSi/c1-33-39(60-32-50-33)35-23-21-34(22-24-35)30-49-41(53)38-29-37(59-61(11,12)47(8,9)10)31-52(38)42(54)40(45(2,3)4)48-25-27-51(44(56)58-46(5,6)7)26-17-14-18-28-57-43(55)36-19-15-13-16-20-36/h13,15-16,19-24,32,37-38,40,48H,14,17-18,25-31H2,1-12H3,(H,49,53)/t37?,38-,40+/m0/s1. The Labute approximate surface area is 369 Å². The van der Waals surface area contributed by atoms with Crippen LogP contribution in [-0.4, -0.2) is 104 Å². The molecule has 1 aliphatic rings. The van der Waals surface area contributed by atoms with E-state index in [4.69, 9.17) is 13.9 Å². The molecule has 0 spiro atoms. The van der Waals surface area contributed by atoms with Gasteiger partial charge in [-0.2, -0.15) is 0 Å². The SMILES string of the molecule is Cc1ncsc1-c1ccc(CNC(=O)[C@@H]2CC(O[Si](C)(C)C(C)(C)C)CN2C(=O)[C@@H](NCCN(CCCCCOC(=O)c2ccccc2)C(=O)OC(C)(C)C)C(C)(C)C)cc1. The van der Waals surface area contributed by atoms with Gasteiger partial charge in [0.25, 0.3) is 0 Å². The summed E-state index contributed by atoms with van der Waals surface area (Å²) in [4.78, 5) is 63.5. The molecule has 2 aromatic carbocycles. The van der Waals surface area contributed by atoms with Crippen molar-refractivity contribution in [3.8, 4) is 10.4 Å². The molecule has 12 nitrogen and oxygen atoms in total. The van der Waals surface area contributed by atoms with Gasteiger partial charge in [0.15, 0.2) is 8.32 Å². The minimum atomic E-state index is -2.23. The molecule has 4 rings (SSSR count). The lowest BCUT2D eigenvalue weighted by Gasteiger charge is -2.38. The second-order valence-corrected chi connectivity index (χ2v) is 25.3. The van der Waals surface area contributed by atoms with Gasteiger partial charge in [0.1, 0.15) is 11.6 Å². The normalized spacial score (nSPS) is 16.6. The van der Waals surface area contributed by atoms with E-state index in [2.05, 4.69) is 49.5 Å². The largest absolute Gasteiger partial charge is 0.462 e. The van der Waals surface area contributed by atoms with Crippen molar-refractivity contribution < 1.29 is 33.1 Å². The van der Waals surface area contributed by atoms with Crippen molar-refractivity contribution in [3.05, 3.63) is 76.9 Å². The van der Waals surface area contributed by atoms with Crippen molar-refractivity contribution in [3.63, 3.8) is 0 Å². The molecule has 3 atom stereocenters. The van der Waals surface area contributed by atoms with Gasteiger partial charge >= 0.3 is 12.1 Å². The van der Waals surface area contributed by atoms with Crippen LogP contribution in [0.4, 0.5) is 4.79 Å². The zero-order valence-electron chi connectivity index (χ0n) is 38.7. The van der Waals surface area contributed by atoms with Crippen molar-refractivity contribution in [2.24, 2.45) is 5.41 Å². The topological polar surface area (TPSA) is 139 Å². The molecule has 61 heavy (non-hydrogen) atoms. The Hall–Kier alpha value is -4.11. The lowest BCUT2D eigenvalue weighted by atomic mass is 9.85. The Morgan fingerprint density at radius 3 is 2.18 bits per heavy atom. The molecule has 0 saturated carbocycles. The molecular formula is C47H71N5O7SSi. The Morgan fingerprint density at radius 2 is 1.59 bits per heavy atom. The van der Waals surface area contributed by atoms with Crippen LogP contribution in [0.2, 0.25) is 18.1 Å². The minimum absolute atomic E-state index is 0.0449. The lowest BCUT2D eigenvalue weighted by molar-refractivity contribution is -0.142. The molecule has 0 radical (unpaired) electrons. The van der Waals surface area contributed by atoms with Gasteiger partial charge in [0.2, 0.25) is 11.8 Å². The number of hydrogen-bond donors (Lipinski definition) is 2. The number of likely N-dealkylation sites (tertiary alicyclic amines) is 1. The average molecular weight is 878 g/mol. The Balaban J connectivity index is 1.43. The maximum absolute atomic E-state index is 14.8. The third kappa shape index (κ3) is 14.8. The predicted molar refractivity (Wildman–Crippen MR) is 246 cm³/mol. The van der Waals surface area contributed by atoms with Gasteiger partial charge < -0.3 is 34.3 Å². The van der Waals surface area contributed by atoms with E-state index in [9.17, 15) is 19.2 Å². The van der Waals surface area contributed by atoms with Crippen LogP contribution < -0.4 is 10.6 Å². The van der Waals surface area contributed by atoms with Crippen LogP contribution in [0, 0.1) is 12.3 Å². The molecule has 14 heteroatoms. The van der Waals surface area contributed by atoms with Crippen molar-refractivity contribution in [1.29, 1.82) is 0 Å². The maximum Gasteiger partial charge on any atom is 0.410 e. The number of ether oxygens (including phenoxy) is 2. The van der Waals surface area contributed by atoms with Crippen LogP contribution in [0.1, 0.15) is 110 Å². The molecule has 1 fully saturated rings. The third-order valence-corrected chi connectivity index (χ3v) is 16.9. The van der Waals surface area contributed by atoms with Crippen molar-refractivity contribution in [2.45, 2.75) is 143 Å². The van der Waals surface area contributed by atoms with E-state index in [1.807, 2.05) is 84.3 Å². The molecule has 1 aliphatic heterocycles. The summed E-state index contributed by atoms with van der Waals surface area (Å²) in [5.74, 6) is -0.739. The molecule has 2 N–H and O–H groups in total. The molecule has 3 aromatic rings. The van der Waals surface area contributed by atoms with Crippen LogP contribution in [0.15, 0.2) is 60.1 Å². The average Bonchev–Trinajstić information content (AvgIpc) is 3.80. The van der Waals surface area contributed by atoms with E-state index in [-0.39, 0.29) is 35.5 Å². The first-order valence-electron chi connectivity index (χ1n) is 21.7. The quantitative estimate of drug-likeness (QED) is 0.0729. The summed E-state index contributed by atoms with van der Waals surface area (Å²) in [7, 11) is -2.23. The number of rotatable bonds is 18.